The minimum Gasteiger partial charge on any atom is -0.349 e. The maximum absolute atomic E-state index is 4.65. The van der Waals surface area contributed by atoms with Crippen LogP contribution in [-0.2, 0) is 6.54 Å². The van der Waals surface area contributed by atoms with Crippen molar-refractivity contribution >= 4 is 28.3 Å². The van der Waals surface area contributed by atoms with E-state index in [2.05, 4.69) is 40.5 Å². The van der Waals surface area contributed by atoms with Crippen molar-refractivity contribution in [3.8, 4) is 0 Å². The molecular formula is C14H22N4S2. The summed E-state index contributed by atoms with van der Waals surface area (Å²) in [7, 11) is 0. The normalized spacial score (nSPS) is 24.2. The van der Waals surface area contributed by atoms with Gasteiger partial charge in [-0.05, 0) is 13.8 Å². The predicted molar refractivity (Wildman–Crippen MR) is 87.8 cm³/mol. The number of hydrogen-bond acceptors (Lipinski definition) is 6. The Balaban J connectivity index is 1.52. The smallest absolute Gasteiger partial charge is 0.159 e. The highest BCUT2D eigenvalue weighted by molar-refractivity contribution is 8.14. The molecule has 0 aliphatic carbocycles. The molecule has 6 heteroatoms. The number of aliphatic imine (C=N–C) groups is 1. The molecule has 0 unspecified atom stereocenters. The third-order valence-corrected chi connectivity index (χ3v) is 6.01. The van der Waals surface area contributed by atoms with Crippen LogP contribution >= 0.6 is 23.1 Å². The Bertz CT molecular complexity index is 503. The zero-order valence-corrected chi connectivity index (χ0v) is 14.1. The summed E-state index contributed by atoms with van der Waals surface area (Å²) < 4.78 is 0. The van der Waals surface area contributed by atoms with Crippen molar-refractivity contribution in [2.24, 2.45) is 4.99 Å². The van der Waals surface area contributed by atoms with Gasteiger partial charge in [0, 0.05) is 42.9 Å². The molecule has 1 atom stereocenters. The molecule has 0 aromatic carbocycles. The zero-order chi connectivity index (χ0) is 14.1. The molecule has 2 aliphatic heterocycles. The Morgan fingerprint density at radius 2 is 1.95 bits per heavy atom. The molecule has 20 heavy (non-hydrogen) atoms. The molecule has 0 radical (unpaired) electrons. The largest absolute Gasteiger partial charge is 0.349 e. The highest BCUT2D eigenvalue weighted by atomic mass is 32.2. The van der Waals surface area contributed by atoms with Crippen LogP contribution in [0.4, 0.5) is 0 Å². The molecule has 0 spiro atoms. The minimum atomic E-state index is 0.658. The van der Waals surface area contributed by atoms with Crippen LogP contribution in [0.25, 0.3) is 0 Å². The Morgan fingerprint density at radius 3 is 2.50 bits per heavy atom. The first kappa shape index (κ1) is 14.4. The number of piperazine rings is 1. The van der Waals surface area contributed by atoms with Crippen LogP contribution in [0.3, 0.4) is 0 Å². The van der Waals surface area contributed by atoms with E-state index in [9.17, 15) is 0 Å². The summed E-state index contributed by atoms with van der Waals surface area (Å²) in [5.74, 6) is 0. The molecular weight excluding hydrogens is 288 g/mol. The fourth-order valence-corrected chi connectivity index (χ4v) is 4.63. The molecule has 0 amide bonds. The van der Waals surface area contributed by atoms with Gasteiger partial charge < -0.3 is 4.90 Å². The number of rotatable bonds is 2. The van der Waals surface area contributed by atoms with Gasteiger partial charge in [-0.3, -0.25) is 9.89 Å². The van der Waals surface area contributed by atoms with Crippen LogP contribution in [0, 0.1) is 13.8 Å². The van der Waals surface area contributed by atoms with Gasteiger partial charge in [-0.1, -0.05) is 18.7 Å². The number of aryl methyl sites for hydroxylation is 2. The van der Waals surface area contributed by atoms with E-state index in [1.54, 1.807) is 0 Å². The van der Waals surface area contributed by atoms with E-state index in [0.717, 1.165) is 39.3 Å². The Labute approximate surface area is 129 Å². The van der Waals surface area contributed by atoms with Crippen molar-refractivity contribution in [1.29, 1.82) is 0 Å². The number of nitrogens with zero attached hydrogens (tertiary/aromatic N) is 4. The van der Waals surface area contributed by atoms with Crippen molar-refractivity contribution in [2.75, 3.05) is 32.7 Å². The van der Waals surface area contributed by atoms with Gasteiger partial charge in [-0.25, -0.2) is 4.98 Å². The third kappa shape index (κ3) is 3.18. The average Bonchev–Trinajstić information content (AvgIpc) is 2.97. The van der Waals surface area contributed by atoms with Gasteiger partial charge in [-0.2, -0.15) is 0 Å². The fourth-order valence-electron chi connectivity index (χ4n) is 2.66. The summed E-state index contributed by atoms with van der Waals surface area (Å²) in [6, 6.07) is 0. The summed E-state index contributed by atoms with van der Waals surface area (Å²) in [6.07, 6.45) is 0. The van der Waals surface area contributed by atoms with Gasteiger partial charge in [0.2, 0.25) is 0 Å². The lowest BCUT2D eigenvalue weighted by Crippen LogP contribution is -2.47. The van der Waals surface area contributed by atoms with Crippen molar-refractivity contribution in [3.05, 3.63) is 15.6 Å². The molecule has 1 fully saturated rings. The second-order valence-corrected chi connectivity index (χ2v) is 8.25. The van der Waals surface area contributed by atoms with Gasteiger partial charge in [0.05, 0.1) is 17.2 Å². The van der Waals surface area contributed by atoms with E-state index in [0.29, 0.717) is 5.25 Å². The summed E-state index contributed by atoms with van der Waals surface area (Å²) in [4.78, 5) is 15.6. The van der Waals surface area contributed by atoms with Crippen LogP contribution < -0.4 is 0 Å². The second kappa shape index (κ2) is 6.03. The molecule has 3 rings (SSSR count). The number of aromatic nitrogens is 1. The van der Waals surface area contributed by atoms with E-state index in [1.165, 1.54) is 20.7 Å². The SMILES string of the molecule is Cc1nc(C)c(CN2CCN(C3=NC[C@@H](C)S3)CC2)s1. The molecule has 3 heterocycles. The monoisotopic (exact) mass is 310 g/mol. The van der Waals surface area contributed by atoms with Crippen molar-refractivity contribution < 1.29 is 0 Å². The van der Waals surface area contributed by atoms with Crippen LogP contribution in [0.5, 0.6) is 0 Å². The van der Waals surface area contributed by atoms with E-state index in [1.807, 2.05) is 23.1 Å². The molecule has 2 aliphatic rings. The number of amidine groups is 1. The van der Waals surface area contributed by atoms with Crippen molar-refractivity contribution in [2.45, 2.75) is 32.6 Å². The van der Waals surface area contributed by atoms with Crippen LogP contribution in [0.2, 0.25) is 0 Å². The number of thiazole rings is 1. The predicted octanol–water partition coefficient (Wildman–Crippen LogP) is 2.37. The van der Waals surface area contributed by atoms with E-state index < -0.39 is 0 Å². The lowest BCUT2D eigenvalue weighted by Gasteiger charge is -2.35. The molecule has 1 aromatic rings. The summed E-state index contributed by atoms with van der Waals surface area (Å²) in [5, 5.41) is 3.11. The lowest BCUT2D eigenvalue weighted by molar-refractivity contribution is 0.178. The van der Waals surface area contributed by atoms with Gasteiger partial charge in [0.15, 0.2) is 5.17 Å². The molecule has 110 valence electrons. The molecule has 0 N–H and O–H groups in total. The first-order valence-corrected chi connectivity index (χ1v) is 8.93. The van der Waals surface area contributed by atoms with Gasteiger partial charge in [-0.15, -0.1) is 11.3 Å². The first-order chi connectivity index (χ1) is 9.61. The summed E-state index contributed by atoms with van der Waals surface area (Å²) >= 11 is 3.77. The van der Waals surface area contributed by atoms with E-state index in [-0.39, 0.29) is 0 Å². The Hall–Kier alpha value is -0.590. The Kier molecular flexibility index (Phi) is 4.33. The molecule has 4 nitrogen and oxygen atoms in total. The van der Waals surface area contributed by atoms with Crippen molar-refractivity contribution in [1.82, 2.24) is 14.8 Å². The molecule has 0 saturated carbocycles. The average molecular weight is 310 g/mol. The highest BCUT2D eigenvalue weighted by Gasteiger charge is 2.25. The van der Waals surface area contributed by atoms with E-state index in [4.69, 9.17) is 0 Å². The van der Waals surface area contributed by atoms with Crippen LogP contribution in [0.15, 0.2) is 4.99 Å². The second-order valence-electron chi connectivity index (χ2n) is 5.56. The summed E-state index contributed by atoms with van der Waals surface area (Å²) in [6.45, 7) is 13.0. The first-order valence-electron chi connectivity index (χ1n) is 7.23. The maximum atomic E-state index is 4.65. The number of thioether (sulfide) groups is 1. The number of hydrogen-bond donors (Lipinski definition) is 0. The molecule has 0 bridgehead atoms. The fraction of sp³-hybridized carbons (Fsp3) is 0.714. The molecule has 1 saturated heterocycles. The molecule has 1 aromatic heterocycles. The Morgan fingerprint density at radius 1 is 1.20 bits per heavy atom. The van der Waals surface area contributed by atoms with Gasteiger partial charge in [0.25, 0.3) is 0 Å². The summed E-state index contributed by atoms with van der Waals surface area (Å²) in [5.41, 5.74) is 1.21. The van der Waals surface area contributed by atoms with Crippen molar-refractivity contribution in [3.63, 3.8) is 0 Å². The lowest BCUT2D eigenvalue weighted by atomic mass is 10.3. The highest BCUT2D eigenvalue weighted by Crippen LogP contribution is 2.24. The quantitative estimate of drug-likeness (QED) is 0.839. The minimum absolute atomic E-state index is 0.658. The standard InChI is InChI=1S/C14H22N4S2/c1-10-8-15-14(19-10)18-6-4-17(5-7-18)9-13-11(2)16-12(3)20-13/h10H,4-9H2,1-3H3/t10-/m1/s1. The van der Waals surface area contributed by atoms with Gasteiger partial charge in [0.1, 0.15) is 0 Å². The van der Waals surface area contributed by atoms with Gasteiger partial charge >= 0.3 is 0 Å². The topological polar surface area (TPSA) is 31.7 Å². The zero-order valence-electron chi connectivity index (χ0n) is 12.4. The van der Waals surface area contributed by atoms with Crippen LogP contribution in [0.1, 0.15) is 22.5 Å². The van der Waals surface area contributed by atoms with E-state index >= 15 is 0 Å². The third-order valence-electron chi connectivity index (χ3n) is 3.80. The maximum Gasteiger partial charge on any atom is 0.159 e. The van der Waals surface area contributed by atoms with Crippen LogP contribution in [-0.4, -0.2) is 57.9 Å².